The number of rotatable bonds is 6. The van der Waals surface area contributed by atoms with Crippen molar-refractivity contribution in [2.45, 2.75) is 19.4 Å². The molecule has 0 spiro atoms. The molecule has 0 aliphatic carbocycles. The van der Waals surface area contributed by atoms with Gasteiger partial charge in [-0.05, 0) is 37.3 Å². The maximum absolute atomic E-state index is 12.3. The van der Waals surface area contributed by atoms with Crippen LogP contribution in [0, 0.1) is 0 Å². The molecule has 1 unspecified atom stereocenters. The van der Waals surface area contributed by atoms with Crippen molar-refractivity contribution >= 4 is 39.6 Å². The van der Waals surface area contributed by atoms with Crippen molar-refractivity contribution in [2.24, 2.45) is 0 Å². The minimum atomic E-state index is -0.846. The third kappa shape index (κ3) is 4.80. The molecule has 1 heterocycles. The molecule has 0 saturated carbocycles. The van der Waals surface area contributed by atoms with E-state index in [2.05, 4.69) is 26.8 Å². The molecule has 3 rings (SSSR count). The van der Waals surface area contributed by atoms with Crippen LogP contribution in [0.5, 0.6) is 5.75 Å². The van der Waals surface area contributed by atoms with Crippen LogP contribution < -0.4 is 15.6 Å². The van der Waals surface area contributed by atoms with Crippen molar-refractivity contribution < 1.29 is 23.9 Å². The third-order valence-electron chi connectivity index (χ3n) is 4.24. The Labute approximate surface area is 175 Å². The molecule has 29 heavy (non-hydrogen) atoms. The minimum absolute atomic E-state index is 0.0852. The zero-order chi connectivity index (χ0) is 21.0. The lowest BCUT2D eigenvalue weighted by Gasteiger charge is -2.16. The second-order valence-corrected chi connectivity index (χ2v) is 7.23. The molecule has 9 heteroatoms. The van der Waals surface area contributed by atoms with E-state index >= 15 is 0 Å². The van der Waals surface area contributed by atoms with Gasteiger partial charge in [-0.25, -0.2) is 0 Å². The molecule has 0 fully saturated rings. The van der Waals surface area contributed by atoms with Gasteiger partial charge in [-0.1, -0.05) is 34.1 Å². The van der Waals surface area contributed by atoms with E-state index in [1.54, 1.807) is 49.4 Å². The number of carbonyl (C=O) groups excluding carboxylic acids is 4. The Balaban J connectivity index is 1.45. The number of carbonyl (C=O) groups is 4. The summed E-state index contributed by atoms with van der Waals surface area (Å²) in [5.41, 5.74) is 5.17. The average Bonchev–Trinajstić information content (AvgIpc) is 2.95. The predicted octanol–water partition coefficient (Wildman–Crippen LogP) is 2.05. The Hall–Kier alpha value is -3.20. The zero-order valence-electron chi connectivity index (χ0n) is 15.5. The quantitative estimate of drug-likeness (QED) is 0.507. The number of nitrogens with one attached hydrogen (secondary N) is 2. The summed E-state index contributed by atoms with van der Waals surface area (Å²) in [7, 11) is 0. The third-order valence-corrected chi connectivity index (χ3v) is 4.74. The lowest BCUT2D eigenvalue weighted by molar-refractivity contribution is -0.132. The number of benzene rings is 2. The van der Waals surface area contributed by atoms with Crippen molar-refractivity contribution in [2.75, 3.05) is 6.54 Å². The number of fused-ring (bicyclic) bond motifs is 1. The van der Waals surface area contributed by atoms with Crippen LogP contribution in [0.4, 0.5) is 0 Å². The Morgan fingerprint density at radius 2 is 1.69 bits per heavy atom. The normalized spacial score (nSPS) is 13.7. The Kier molecular flexibility index (Phi) is 6.28. The highest BCUT2D eigenvalue weighted by Crippen LogP contribution is 2.22. The Morgan fingerprint density at radius 3 is 2.31 bits per heavy atom. The first kappa shape index (κ1) is 20.5. The maximum Gasteiger partial charge on any atom is 0.279 e. The van der Waals surface area contributed by atoms with Gasteiger partial charge >= 0.3 is 0 Å². The lowest BCUT2D eigenvalue weighted by atomic mass is 10.1. The van der Waals surface area contributed by atoms with Crippen molar-refractivity contribution in [3.05, 3.63) is 64.1 Å². The van der Waals surface area contributed by atoms with E-state index in [-0.39, 0.29) is 13.0 Å². The van der Waals surface area contributed by atoms with E-state index < -0.39 is 29.7 Å². The van der Waals surface area contributed by atoms with Gasteiger partial charge in [0.05, 0.1) is 11.1 Å². The first-order chi connectivity index (χ1) is 13.9. The summed E-state index contributed by atoms with van der Waals surface area (Å²) in [6.07, 6.45) is -0.993. The summed E-state index contributed by atoms with van der Waals surface area (Å²) in [5, 5.41) is 0. The van der Waals surface area contributed by atoms with Crippen LogP contribution in [0.1, 0.15) is 34.1 Å². The number of hydrogen-bond donors (Lipinski definition) is 2. The Morgan fingerprint density at radius 1 is 1.03 bits per heavy atom. The molecule has 150 valence electrons. The van der Waals surface area contributed by atoms with E-state index in [1.807, 2.05) is 6.07 Å². The summed E-state index contributed by atoms with van der Waals surface area (Å²) < 4.78 is 6.31. The fourth-order valence-corrected chi connectivity index (χ4v) is 3.13. The predicted molar refractivity (Wildman–Crippen MR) is 107 cm³/mol. The molecule has 2 aromatic rings. The number of ether oxygens (including phenoxy) is 1. The molecule has 0 bridgehead atoms. The van der Waals surface area contributed by atoms with Crippen LogP contribution in [-0.4, -0.2) is 41.2 Å². The monoisotopic (exact) mass is 459 g/mol. The largest absolute Gasteiger partial charge is 0.481 e. The van der Waals surface area contributed by atoms with Gasteiger partial charge < -0.3 is 4.74 Å². The van der Waals surface area contributed by atoms with Gasteiger partial charge in [0, 0.05) is 17.4 Å². The second-order valence-electron chi connectivity index (χ2n) is 6.31. The molecule has 0 aromatic heterocycles. The fourth-order valence-electron chi connectivity index (χ4n) is 2.75. The van der Waals surface area contributed by atoms with Gasteiger partial charge in [0.15, 0.2) is 6.10 Å². The highest BCUT2D eigenvalue weighted by atomic mass is 79.9. The molecule has 0 radical (unpaired) electrons. The van der Waals surface area contributed by atoms with Gasteiger partial charge in [-0.15, -0.1) is 0 Å². The van der Waals surface area contributed by atoms with Crippen molar-refractivity contribution in [1.29, 1.82) is 0 Å². The average molecular weight is 460 g/mol. The van der Waals surface area contributed by atoms with Crippen LogP contribution in [0.3, 0.4) is 0 Å². The van der Waals surface area contributed by atoms with Crippen LogP contribution in [0.2, 0.25) is 0 Å². The van der Waals surface area contributed by atoms with Gasteiger partial charge in [0.25, 0.3) is 17.7 Å². The minimum Gasteiger partial charge on any atom is -0.481 e. The molecule has 2 aromatic carbocycles. The van der Waals surface area contributed by atoms with E-state index in [1.165, 1.54) is 0 Å². The summed E-state index contributed by atoms with van der Waals surface area (Å²) in [5.74, 6) is -1.44. The second kappa shape index (κ2) is 8.87. The van der Waals surface area contributed by atoms with Gasteiger partial charge in [0.1, 0.15) is 5.75 Å². The molecule has 1 atom stereocenters. The molecule has 8 nitrogen and oxygen atoms in total. The molecular formula is C20H18BrN3O5. The van der Waals surface area contributed by atoms with Gasteiger partial charge in [-0.3, -0.25) is 34.9 Å². The number of hydrazine groups is 1. The molecule has 0 saturated heterocycles. The molecular weight excluding hydrogens is 442 g/mol. The highest BCUT2D eigenvalue weighted by Gasteiger charge is 2.35. The lowest BCUT2D eigenvalue weighted by Crippen LogP contribution is -2.48. The number of imide groups is 1. The number of halogens is 1. The first-order valence-electron chi connectivity index (χ1n) is 8.83. The van der Waals surface area contributed by atoms with E-state index in [0.29, 0.717) is 16.9 Å². The maximum atomic E-state index is 12.3. The van der Waals surface area contributed by atoms with E-state index in [0.717, 1.165) is 9.37 Å². The molecule has 2 N–H and O–H groups in total. The standard InChI is InChI=1S/C20H18BrN3O5/c1-12(29-14-6-4-5-13(21)11-14)18(26)23-22-17(25)9-10-24-19(27)15-7-2-3-8-16(15)20(24)28/h2-8,11-12H,9-10H2,1H3,(H,22,25)(H,23,26). The topological polar surface area (TPSA) is 105 Å². The fraction of sp³-hybridized carbons (Fsp3) is 0.200. The van der Waals surface area contributed by atoms with Crippen LogP contribution in [-0.2, 0) is 9.59 Å². The SMILES string of the molecule is CC(Oc1cccc(Br)c1)C(=O)NNC(=O)CCN1C(=O)c2ccccc2C1=O. The first-order valence-corrected chi connectivity index (χ1v) is 9.62. The number of nitrogens with zero attached hydrogens (tertiary/aromatic N) is 1. The van der Waals surface area contributed by atoms with Crippen LogP contribution in [0.25, 0.3) is 0 Å². The summed E-state index contributed by atoms with van der Waals surface area (Å²) in [4.78, 5) is 49.6. The van der Waals surface area contributed by atoms with Gasteiger partial charge in [-0.2, -0.15) is 0 Å². The summed E-state index contributed by atoms with van der Waals surface area (Å²) >= 11 is 3.31. The van der Waals surface area contributed by atoms with Gasteiger partial charge in [0.2, 0.25) is 5.91 Å². The highest BCUT2D eigenvalue weighted by molar-refractivity contribution is 9.10. The number of hydrogen-bond acceptors (Lipinski definition) is 5. The van der Waals surface area contributed by atoms with E-state index in [9.17, 15) is 19.2 Å². The van der Waals surface area contributed by atoms with Crippen molar-refractivity contribution in [3.8, 4) is 5.75 Å². The molecule has 1 aliphatic heterocycles. The van der Waals surface area contributed by atoms with Crippen molar-refractivity contribution in [3.63, 3.8) is 0 Å². The molecule has 1 aliphatic rings. The van der Waals surface area contributed by atoms with E-state index in [4.69, 9.17) is 4.74 Å². The smallest absolute Gasteiger partial charge is 0.279 e. The number of amides is 4. The molecule has 4 amide bonds. The van der Waals surface area contributed by atoms with Crippen LogP contribution in [0.15, 0.2) is 53.0 Å². The summed E-state index contributed by atoms with van der Waals surface area (Å²) in [6, 6.07) is 13.5. The zero-order valence-corrected chi connectivity index (χ0v) is 17.1. The Bertz CT molecular complexity index is 943. The van der Waals surface area contributed by atoms with Crippen LogP contribution >= 0.6 is 15.9 Å². The summed E-state index contributed by atoms with van der Waals surface area (Å²) in [6.45, 7) is 1.46. The van der Waals surface area contributed by atoms with Crippen molar-refractivity contribution in [1.82, 2.24) is 15.8 Å².